The van der Waals surface area contributed by atoms with Crippen LogP contribution in [0, 0.1) is 5.92 Å². The van der Waals surface area contributed by atoms with E-state index in [2.05, 4.69) is 33.5 Å². The number of likely N-dealkylation sites (tertiary alicyclic amines) is 2. The molecule has 0 saturated carbocycles. The molecule has 4 nitrogen and oxygen atoms in total. The lowest BCUT2D eigenvalue weighted by Gasteiger charge is -2.47. The van der Waals surface area contributed by atoms with E-state index in [-0.39, 0.29) is 5.56 Å². The molecule has 0 spiro atoms. The van der Waals surface area contributed by atoms with E-state index in [1.54, 1.807) is 6.07 Å². The molecule has 3 aliphatic rings. The van der Waals surface area contributed by atoms with E-state index in [9.17, 15) is 4.79 Å². The maximum Gasteiger partial charge on any atom is 0.250 e. The molecule has 1 aromatic heterocycles. The van der Waals surface area contributed by atoms with E-state index in [1.807, 2.05) is 18.2 Å². The van der Waals surface area contributed by atoms with E-state index >= 15 is 0 Å². The van der Waals surface area contributed by atoms with Gasteiger partial charge in [0.2, 0.25) is 0 Å². The largest absolute Gasteiger partial charge is 0.311 e. The molecule has 1 aromatic carbocycles. The highest BCUT2D eigenvalue weighted by Crippen LogP contribution is 2.41. The van der Waals surface area contributed by atoms with E-state index in [0.29, 0.717) is 17.9 Å². The van der Waals surface area contributed by atoms with Crippen LogP contribution in [0.15, 0.2) is 41.2 Å². The Morgan fingerprint density at radius 1 is 0.964 bits per heavy atom. The van der Waals surface area contributed by atoms with Gasteiger partial charge in [-0.3, -0.25) is 9.69 Å². The molecule has 0 amide bonds. The van der Waals surface area contributed by atoms with E-state index in [0.717, 1.165) is 30.2 Å². The molecule has 2 aromatic rings. The van der Waals surface area contributed by atoms with Crippen LogP contribution in [0.25, 0.3) is 11.1 Å². The van der Waals surface area contributed by atoms with Crippen molar-refractivity contribution in [2.45, 2.75) is 37.8 Å². The number of piperidine rings is 2. The normalized spacial score (nSPS) is 26.2. The standard InChI is InChI=1S/C23H28ClN3O/c1-25-10-8-20(9-11-25)26-13-16-12-18(15-26)23-21(6-7-22(28)27(23)14-16)17-2-4-19(24)5-3-17/h2-7,16,18,20H,8-15H2,1H3. The number of aromatic nitrogens is 1. The van der Waals surface area contributed by atoms with Gasteiger partial charge in [0.25, 0.3) is 5.56 Å². The molecular formula is C23H28ClN3O. The Morgan fingerprint density at radius 3 is 2.46 bits per heavy atom. The van der Waals surface area contributed by atoms with Crippen LogP contribution in [0.5, 0.6) is 0 Å². The minimum atomic E-state index is 0.148. The third-order valence-corrected chi connectivity index (χ3v) is 7.23. The minimum absolute atomic E-state index is 0.148. The highest BCUT2D eigenvalue weighted by Gasteiger charge is 2.38. The number of hydrogen-bond donors (Lipinski definition) is 0. The summed E-state index contributed by atoms with van der Waals surface area (Å²) in [5.41, 5.74) is 3.74. The molecule has 2 fully saturated rings. The monoisotopic (exact) mass is 397 g/mol. The maximum absolute atomic E-state index is 12.7. The van der Waals surface area contributed by atoms with Crippen LogP contribution in [0.4, 0.5) is 0 Å². The van der Waals surface area contributed by atoms with Crippen LogP contribution >= 0.6 is 11.6 Å². The highest BCUT2D eigenvalue weighted by atomic mass is 35.5. The SMILES string of the molecule is CN1CCC(N2CC3CC(C2)c2c(-c4ccc(Cl)cc4)ccc(=O)n2C3)CC1. The molecule has 5 rings (SSSR count). The smallest absolute Gasteiger partial charge is 0.250 e. The Hall–Kier alpha value is -1.62. The second-order valence-electron chi connectivity index (χ2n) is 8.87. The number of hydrogen-bond acceptors (Lipinski definition) is 3. The van der Waals surface area contributed by atoms with Crippen molar-refractivity contribution in [1.82, 2.24) is 14.4 Å². The fraction of sp³-hybridized carbons (Fsp3) is 0.522. The molecule has 148 valence electrons. The molecule has 0 N–H and O–H groups in total. The summed E-state index contributed by atoms with van der Waals surface area (Å²) >= 11 is 6.10. The van der Waals surface area contributed by atoms with Gasteiger partial charge in [0.05, 0.1) is 0 Å². The summed E-state index contributed by atoms with van der Waals surface area (Å²) in [5.74, 6) is 1.02. The van der Waals surface area contributed by atoms with E-state index < -0.39 is 0 Å². The number of halogens is 1. The van der Waals surface area contributed by atoms with Gasteiger partial charge in [-0.2, -0.15) is 0 Å². The number of nitrogens with zero attached hydrogens (tertiary/aromatic N) is 3. The summed E-state index contributed by atoms with van der Waals surface area (Å²) in [4.78, 5) is 17.8. The van der Waals surface area contributed by atoms with Crippen molar-refractivity contribution >= 4 is 11.6 Å². The number of benzene rings is 1. The lowest BCUT2D eigenvalue weighted by atomic mass is 9.79. The third kappa shape index (κ3) is 3.32. The highest BCUT2D eigenvalue weighted by molar-refractivity contribution is 6.30. The van der Waals surface area contributed by atoms with Crippen molar-refractivity contribution in [3.63, 3.8) is 0 Å². The molecule has 28 heavy (non-hydrogen) atoms. The number of fused-ring (bicyclic) bond motifs is 4. The molecule has 0 aliphatic carbocycles. The summed E-state index contributed by atoms with van der Waals surface area (Å²) in [7, 11) is 2.22. The van der Waals surface area contributed by atoms with Gasteiger partial charge in [0.1, 0.15) is 0 Å². The van der Waals surface area contributed by atoms with E-state index in [4.69, 9.17) is 11.6 Å². The van der Waals surface area contributed by atoms with E-state index in [1.165, 1.54) is 43.6 Å². The van der Waals surface area contributed by atoms with Crippen LogP contribution in [0.2, 0.25) is 5.02 Å². The summed E-state index contributed by atoms with van der Waals surface area (Å²) < 4.78 is 2.06. The maximum atomic E-state index is 12.7. The first-order valence-corrected chi connectivity index (χ1v) is 10.9. The molecule has 4 heterocycles. The van der Waals surface area contributed by atoms with Crippen LogP contribution in [-0.2, 0) is 6.54 Å². The van der Waals surface area contributed by atoms with Crippen molar-refractivity contribution in [2.75, 3.05) is 33.2 Å². The van der Waals surface area contributed by atoms with Gasteiger partial charge in [0.15, 0.2) is 0 Å². The number of rotatable bonds is 2. The molecule has 3 aliphatic heterocycles. The van der Waals surface area contributed by atoms with Crippen LogP contribution in [0.3, 0.4) is 0 Å². The van der Waals surface area contributed by atoms with Gasteiger partial charge in [-0.1, -0.05) is 23.7 Å². The Labute approximate surface area is 171 Å². The second-order valence-corrected chi connectivity index (χ2v) is 9.31. The molecule has 2 atom stereocenters. The van der Waals surface area contributed by atoms with Crippen molar-refractivity contribution < 1.29 is 0 Å². The Balaban J connectivity index is 1.50. The molecule has 5 heteroatoms. The number of pyridine rings is 1. The average molecular weight is 398 g/mol. The van der Waals surface area contributed by atoms with Gasteiger partial charge < -0.3 is 9.47 Å². The molecule has 2 bridgehead atoms. The van der Waals surface area contributed by atoms with Gasteiger partial charge in [-0.25, -0.2) is 0 Å². The summed E-state index contributed by atoms with van der Waals surface area (Å²) in [6, 6.07) is 12.5. The van der Waals surface area contributed by atoms with Gasteiger partial charge >= 0.3 is 0 Å². The average Bonchev–Trinajstić information content (AvgIpc) is 2.70. The van der Waals surface area contributed by atoms with Gasteiger partial charge in [-0.15, -0.1) is 0 Å². The predicted molar refractivity (Wildman–Crippen MR) is 114 cm³/mol. The second kappa shape index (κ2) is 7.33. The molecule has 2 saturated heterocycles. The quantitative estimate of drug-likeness (QED) is 0.773. The summed E-state index contributed by atoms with van der Waals surface area (Å²) in [6.45, 7) is 5.47. The van der Waals surface area contributed by atoms with Crippen molar-refractivity contribution in [3.8, 4) is 11.1 Å². The zero-order valence-corrected chi connectivity index (χ0v) is 17.2. The topological polar surface area (TPSA) is 28.5 Å². The third-order valence-electron chi connectivity index (χ3n) is 6.98. The first-order valence-electron chi connectivity index (χ1n) is 10.5. The Bertz CT molecular complexity index is 914. The molecular weight excluding hydrogens is 370 g/mol. The van der Waals surface area contributed by atoms with Crippen LogP contribution < -0.4 is 5.56 Å². The first-order chi connectivity index (χ1) is 13.6. The van der Waals surface area contributed by atoms with Crippen molar-refractivity contribution in [3.05, 3.63) is 57.5 Å². The van der Waals surface area contributed by atoms with Gasteiger partial charge in [-0.05, 0) is 69.1 Å². The van der Waals surface area contributed by atoms with Gasteiger partial charge in [0, 0.05) is 53.9 Å². The summed E-state index contributed by atoms with van der Waals surface area (Å²) in [6.07, 6.45) is 3.73. The van der Waals surface area contributed by atoms with Crippen LogP contribution in [0.1, 0.15) is 30.9 Å². The minimum Gasteiger partial charge on any atom is -0.311 e. The fourth-order valence-corrected chi connectivity index (χ4v) is 5.71. The zero-order valence-electron chi connectivity index (χ0n) is 16.5. The molecule has 0 radical (unpaired) electrons. The van der Waals surface area contributed by atoms with Crippen LogP contribution in [-0.4, -0.2) is 53.6 Å². The first kappa shape index (κ1) is 18.4. The summed E-state index contributed by atoms with van der Waals surface area (Å²) in [5, 5.41) is 0.747. The Kier molecular flexibility index (Phi) is 4.82. The predicted octanol–water partition coefficient (Wildman–Crippen LogP) is 3.68. The Morgan fingerprint density at radius 2 is 1.71 bits per heavy atom. The lowest BCUT2D eigenvalue weighted by molar-refractivity contribution is 0.0519. The fourth-order valence-electron chi connectivity index (χ4n) is 5.58. The molecule has 2 unspecified atom stereocenters. The van der Waals surface area contributed by atoms with Crippen molar-refractivity contribution in [2.24, 2.45) is 5.92 Å². The van der Waals surface area contributed by atoms with Crippen molar-refractivity contribution in [1.29, 1.82) is 0 Å². The lowest BCUT2D eigenvalue weighted by Crippen LogP contribution is -2.53. The zero-order chi connectivity index (χ0) is 19.3.